The summed E-state index contributed by atoms with van der Waals surface area (Å²) in [6, 6.07) is 9.39. The van der Waals surface area contributed by atoms with Crippen molar-refractivity contribution in [2.24, 2.45) is 0 Å². The van der Waals surface area contributed by atoms with Crippen molar-refractivity contribution in [2.45, 2.75) is 32.5 Å². The van der Waals surface area contributed by atoms with Crippen LogP contribution in [0.1, 0.15) is 20.3 Å². The first-order valence-corrected chi connectivity index (χ1v) is 6.87. The molecule has 5 nitrogen and oxygen atoms in total. The number of ether oxygens (including phenoxy) is 2. The summed E-state index contributed by atoms with van der Waals surface area (Å²) in [6.45, 7) is 4.61. The second kappa shape index (κ2) is 6.52. The largest absolute Gasteiger partial charge is 0.464 e. The van der Waals surface area contributed by atoms with E-state index in [2.05, 4.69) is 0 Å². The molecule has 1 aromatic carbocycles. The topological polar surface area (TPSA) is 59.1 Å². The second-order valence-corrected chi connectivity index (χ2v) is 4.55. The van der Waals surface area contributed by atoms with E-state index in [0.29, 0.717) is 6.54 Å². The summed E-state index contributed by atoms with van der Waals surface area (Å²) in [5.41, 5.74) is 0.817. The van der Waals surface area contributed by atoms with E-state index in [4.69, 9.17) is 9.47 Å². The molecule has 1 heterocycles. The highest BCUT2D eigenvalue weighted by Crippen LogP contribution is 2.28. The average Bonchev–Trinajstić information content (AvgIpc) is 3.26. The van der Waals surface area contributed by atoms with Crippen molar-refractivity contribution in [3.05, 3.63) is 30.3 Å². The molecule has 1 amide bonds. The molecule has 1 aromatic rings. The van der Waals surface area contributed by atoms with Gasteiger partial charge in [-0.2, -0.15) is 0 Å². The fourth-order valence-corrected chi connectivity index (χ4v) is 2.06. The Kier molecular flexibility index (Phi) is 4.74. The smallest absolute Gasteiger partial charge is 0.338 e. The van der Waals surface area contributed by atoms with Gasteiger partial charge in [0.05, 0.1) is 6.61 Å². The third-order valence-electron chi connectivity index (χ3n) is 3.03. The van der Waals surface area contributed by atoms with Gasteiger partial charge in [0.2, 0.25) is 0 Å². The molecule has 108 valence electrons. The van der Waals surface area contributed by atoms with Gasteiger partial charge in [-0.15, -0.1) is 0 Å². The van der Waals surface area contributed by atoms with Crippen LogP contribution in [0.5, 0.6) is 0 Å². The maximum atomic E-state index is 12.4. The molecule has 2 atom stereocenters. The number of carbonyl (C=O) groups excluding carboxylic acids is 2. The van der Waals surface area contributed by atoms with Crippen LogP contribution in [0.15, 0.2) is 30.3 Å². The van der Waals surface area contributed by atoms with Gasteiger partial charge in [-0.25, -0.2) is 4.79 Å². The Morgan fingerprint density at radius 3 is 2.50 bits per heavy atom. The Labute approximate surface area is 118 Å². The number of epoxide rings is 1. The first-order valence-electron chi connectivity index (χ1n) is 6.87. The maximum Gasteiger partial charge on any atom is 0.338 e. The van der Waals surface area contributed by atoms with Crippen molar-refractivity contribution in [3.8, 4) is 0 Å². The number of anilines is 1. The molecule has 0 radical (unpaired) electrons. The molecule has 0 saturated carbocycles. The minimum atomic E-state index is -0.745. The Hall–Kier alpha value is -1.88. The van der Waals surface area contributed by atoms with Crippen LogP contribution in [0.4, 0.5) is 5.69 Å². The van der Waals surface area contributed by atoms with Crippen LogP contribution in [0.3, 0.4) is 0 Å². The zero-order valence-electron chi connectivity index (χ0n) is 11.7. The molecule has 0 bridgehead atoms. The van der Waals surface area contributed by atoms with Crippen LogP contribution < -0.4 is 4.90 Å². The first kappa shape index (κ1) is 14.5. The molecule has 1 saturated heterocycles. The third-order valence-corrected chi connectivity index (χ3v) is 3.03. The second-order valence-electron chi connectivity index (χ2n) is 4.55. The van der Waals surface area contributed by atoms with Crippen LogP contribution >= 0.6 is 0 Å². The quantitative estimate of drug-likeness (QED) is 0.587. The first-order chi connectivity index (χ1) is 9.69. The number of nitrogens with zero attached hydrogens (tertiary/aromatic N) is 1. The standard InChI is InChI=1S/C15H19NO4/c1-3-10-16(11-8-6-5-7-9-11)14(17)12-13(20-12)15(18)19-4-2/h5-9,12-13H,3-4,10H2,1-2H3. The van der Waals surface area contributed by atoms with Crippen molar-refractivity contribution in [1.29, 1.82) is 0 Å². The highest BCUT2D eigenvalue weighted by molar-refractivity contribution is 6.02. The molecule has 1 aliphatic rings. The Bertz CT molecular complexity index is 474. The van der Waals surface area contributed by atoms with Gasteiger partial charge in [-0.05, 0) is 25.5 Å². The SMILES string of the molecule is CCCN(C(=O)C1OC1C(=O)OCC)c1ccccc1. The van der Waals surface area contributed by atoms with Crippen molar-refractivity contribution in [2.75, 3.05) is 18.1 Å². The van der Waals surface area contributed by atoms with Gasteiger partial charge in [-0.3, -0.25) is 4.79 Å². The number of para-hydroxylation sites is 1. The van der Waals surface area contributed by atoms with Gasteiger partial charge in [0.1, 0.15) is 0 Å². The molecule has 0 spiro atoms. The highest BCUT2D eigenvalue weighted by atomic mass is 16.6. The summed E-state index contributed by atoms with van der Waals surface area (Å²) in [6.07, 6.45) is -0.622. The monoisotopic (exact) mass is 277 g/mol. The zero-order valence-corrected chi connectivity index (χ0v) is 11.7. The van der Waals surface area contributed by atoms with Gasteiger partial charge >= 0.3 is 5.97 Å². The summed E-state index contributed by atoms with van der Waals surface area (Å²) in [4.78, 5) is 25.6. The maximum absolute atomic E-state index is 12.4. The van der Waals surface area contributed by atoms with Crippen molar-refractivity contribution in [3.63, 3.8) is 0 Å². The number of rotatable bonds is 6. The third kappa shape index (κ3) is 3.17. The van der Waals surface area contributed by atoms with E-state index in [9.17, 15) is 9.59 Å². The highest BCUT2D eigenvalue weighted by Gasteiger charge is 2.53. The molecule has 0 aliphatic carbocycles. The van der Waals surface area contributed by atoms with E-state index in [1.165, 1.54) is 0 Å². The summed E-state index contributed by atoms with van der Waals surface area (Å²) < 4.78 is 10.0. The number of benzene rings is 1. The minimum Gasteiger partial charge on any atom is -0.464 e. The summed E-state index contributed by atoms with van der Waals surface area (Å²) in [5, 5.41) is 0. The Morgan fingerprint density at radius 2 is 1.90 bits per heavy atom. The molecular weight excluding hydrogens is 258 g/mol. The van der Waals surface area contributed by atoms with E-state index in [0.717, 1.165) is 12.1 Å². The molecule has 20 heavy (non-hydrogen) atoms. The van der Waals surface area contributed by atoms with Crippen LogP contribution in [0, 0.1) is 0 Å². The van der Waals surface area contributed by atoms with Gasteiger partial charge in [0.15, 0.2) is 12.2 Å². The lowest BCUT2D eigenvalue weighted by atomic mass is 10.2. The summed E-state index contributed by atoms with van der Waals surface area (Å²) >= 11 is 0. The molecule has 5 heteroatoms. The van der Waals surface area contributed by atoms with Gasteiger partial charge in [0, 0.05) is 12.2 Å². The van der Waals surface area contributed by atoms with Gasteiger partial charge < -0.3 is 14.4 Å². The Balaban J connectivity index is 2.04. The lowest BCUT2D eigenvalue weighted by Gasteiger charge is -2.21. The van der Waals surface area contributed by atoms with E-state index in [1.807, 2.05) is 37.3 Å². The average molecular weight is 277 g/mol. The van der Waals surface area contributed by atoms with Gasteiger partial charge in [-0.1, -0.05) is 25.1 Å². The van der Waals surface area contributed by atoms with Crippen molar-refractivity contribution < 1.29 is 19.1 Å². The van der Waals surface area contributed by atoms with E-state index < -0.39 is 18.2 Å². The Morgan fingerprint density at radius 1 is 1.20 bits per heavy atom. The molecule has 2 rings (SSSR count). The lowest BCUT2D eigenvalue weighted by Crippen LogP contribution is -2.36. The number of hydrogen-bond acceptors (Lipinski definition) is 4. The normalized spacial score (nSPS) is 20.3. The fraction of sp³-hybridized carbons (Fsp3) is 0.467. The number of esters is 1. The van der Waals surface area contributed by atoms with E-state index >= 15 is 0 Å². The molecule has 2 unspecified atom stereocenters. The number of carbonyl (C=O) groups is 2. The molecule has 0 aromatic heterocycles. The van der Waals surface area contributed by atoms with E-state index in [-0.39, 0.29) is 12.5 Å². The zero-order chi connectivity index (χ0) is 14.5. The molecule has 1 fully saturated rings. The van der Waals surface area contributed by atoms with Crippen molar-refractivity contribution >= 4 is 17.6 Å². The minimum absolute atomic E-state index is 0.184. The summed E-state index contributed by atoms with van der Waals surface area (Å²) in [7, 11) is 0. The number of amides is 1. The fourth-order valence-electron chi connectivity index (χ4n) is 2.06. The lowest BCUT2D eigenvalue weighted by molar-refractivity contribution is -0.144. The van der Waals surface area contributed by atoms with E-state index in [1.54, 1.807) is 11.8 Å². The van der Waals surface area contributed by atoms with Crippen LogP contribution in [-0.4, -0.2) is 37.2 Å². The van der Waals surface area contributed by atoms with Crippen molar-refractivity contribution in [1.82, 2.24) is 0 Å². The van der Waals surface area contributed by atoms with Crippen LogP contribution in [0.2, 0.25) is 0 Å². The molecule has 0 N–H and O–H groups in total. The summed E-state index contributed by atoms with van der Waals surface area (Å²) in [5.74, 6) is -0.647. The molecule has 1 aliphatic heterocycles. The predicted molar refractivity (Wildman–Crippen MR) is 74.4 cm³/mol. The van der Waals surface area contributed by atoms with Crippen LogP contribution in [-0.2, 0) is 19.1 Å². The van der Waals surface area contributed by atoms with Gasteiger partial charge in [0.25, 0.3) is 5.91 Å². The van der Waals surface area contributed by atoms with Crippen LogP contribution in [0.25, 0.3) is 0 Å². The molecular formula is C15H19NO4. The number of hydrogen-bond donors (Lipinski definition) is 0. The predicted octanol–water partition coefficient (Wildman–Crippen LogP) is 1.76.